The van der Waals surface area contributed by atoms with Crippen LogP contribution in [0.15, 0.2) is 59.1 Å². The van der Waals surface area contributed by atoms with Gasteiger partial charge in [0, 0.05) is 18.0 Å². The SMILES string of the molecule is CCc1ccc(N2CSC3=C(C#N)C(c4ccccc4C)CC(=O)N3C2)cc1. The van der Waals surface area contributed by atoms with Gasteiger partial charge in [-0.05, 0) is 42.2 Å². The van der Waals surface area contributed by atoms with Gasteiger partial charge in [-0.1, -0.05) is 55.1 Å². The zero-order chi connectivity index (χ0) is 19.7. The number of anilines is 1. The first kappa shape index (κ1) is 18.6. The molecular weight excluding hydrogens is 366 g/mol. The van der Waals surface area contributed by atoms with Crippen molar-refractivity contribution in [1.29, 1.82) is 5.26 Å². The van der Waals surface area contributed by atoms with E-state index in [9.17, 15) is 10.1 Å². The average Bonchev–Trinajstić information content (AvgIpc) is 2.74. The Balaban J connectivity index is 1.65. The summed E-state index contributed by atoms with van der Waals surface area (Å²) in [7, 11) is 0. The second-order valence-electron chi connectivity index (χ2n) is 7.24. The summed E-state index contributed by atoms with van der Waals surface area (Å²) in [5, 5.41) is 10.7. The topological polar surface area (TPSA) is 47.3 Å². The Kier molecular flexibility index (Phi) is 5.15. The molecule has 0 saturated carbocycles. The number of nitriles is 1. The molecule has 2 aliphatic rings. The first-order chi connectivity index (χ1) is 13.6. The fourth-order valence-corrected chi connectivity index (χ4v) is 5.08. The molecule has 2 aromatic carbocycles. The summed E-state index contributed by atoms with van der Waals surface area (Å²) in [6.45, 7) is 4.68. The Morgan fingerprint density at radius 2 is 1.93 bits per heavy atom. The van der Waals surface area contributed by atoms with Crippen molar-refractivity contribution in [2.45, 2.75) is 32.6 Å². The highest BCUT2D eigenvalue weighted by Gasteiger charge is 2.38. The molecular formula is C23H23N3OS. The molecule has 1 amide bonds. The lowest BCUT2D eigenvalue weighted by atomic mass is 9.84. The zero-order valence-electron chi connectivity index (χ0n) is 16.2. The quantitative estimate of drug-likeness (QED) is 0.758. The lowest BCUT2D eigenvalue weighted by Crippen LogP contribution is -2.47. The van der Waals surface area contributed by atoms with Crippen LogP contribution in [-0.2, 0) is 11.2 Å². The van der Waals surface area contributed by atoms with Crippen LogP contribution in [0.3, 0.4) is 0 Å². The van der Waals surface area contributed by atoms with Gasteiger partial charge in [-0.2, -0.15) is 5.26 Å². The molecule has 1 atom stereocenters. The standard InChI is InChI=1S/C23H23N3OS/c1-3-17-8-10-18(11-9-17)25-14-26-22(27)12-20(19-7-5-4-6-16(19)2)21(13-24)23(26)28-15-25/h4-11,20H,3,12,14-15H2,1-2H3. The van der Waals surface area contributed by atoms with E-state index in [-0.39, 0.29) is 11.8 Å². The molecule has 5 heteroatoms. The Bertz CT molecular complexity index is 974. The van der Waals surface area contributed by atoms with Gasteiger partial charge in [0.25, 0.3) is 0 Å². The summed E-state index contributed by atoms with van der Waals surface area (Å²) in [4.78, 5) is 17.0. The van der Waals surface area contributed by atoms with Crippen molar-refractivity contribution >= 4 is 23.4 Å². The van der Waals surface area contributed by atoms with E-state index in [4.69, 9.17) is 0 Å². The molecule has 0 N–H and O–H groups in total. The predicted octanol–water partition coefficient (Wildman–Crippen LogP) is 4.78. The van der Waals surface area contributed by atoms with Gasteiger partial charge in [-0.25, -0.2) is 0 Å². The van der Waals surface area contributed by atoms with Crippen molar-refractivity contribution in [3.05, 3.63) is 75.8 Å². The second kappa shape index (κ2) is 7.73. The monoisotopic (exact) mass is 389 g/mol. The molecule has 2 heterocycles. The van der Waals surface area contributed by atoms with Crippen molar-refractivity contribution in [2.75, 3.05) is 17.4 Å². The number of benzene rings is 2. The normalized spacial score (nSPS) is 19.5. The average molecular weight is 390 g/mol. The molecule has 0 bridgehead atoms. The summed E-state index contributed by atoms with van der Waals surface area (Å²) < 4.78 is 0. The lowest BCUT2D eigenvalue weighted by Gasteiger charge is -2.42. The third-order valence-corrected chi connectivity index (χ3v) is 6.72. The van der Waals surface area contributed by atoms with Crippen molar-refractivity contribution in [3.63, 3.8) is 0 Å². The predicted molar refractivity (Wildman–Crippen MR) is 114 cm³/mol. The molecule has 2 aromatic rings. The Morgan fingerprint density at radius 3 is 2.61 bits per heavy atom. The fraction of sp³-hybridized carbons (Fsp3) is 0.304. The van der Waals surface area contributed by atoms with Gasteiger partial charge >= 0.3 is 0 Å². The van der Waals surface area contributed by atoms with E-state index < -0.39 is 0 Å². The summed E-state index contributed by atoms with van der Waals surface area (Å²) in [5.41, 5.74) is 5.34. The van der Waals surface area contributed by atoms with Gasteiger partial charge < -0.3 is 4.90 Å². The van der Waals surface area contributed by atoms with E-state index in [0.717, 1.165) is 39.7 Å². The van der Waals surface area contributed by atoms with Crippen LogP contribution in [0.25, 0.3) is 0 Å². The van der Waals surface area contributed by atoms with Crippen molar-refractivity contribution in [1.82, 2.24) is 4.90 Å². The number of aryl methyl sites for hydroxylation is 2. The molecule has 0 spiro atoms. The Morgan fingerprint density at radius 1 is 1.18 bits per heavy atom. The molecule has 142 valence electrons. The minimum Gasteiger partial charge on any atom is -0.344 e. The summed E-state index contributed by atoms with van der Waals surface area (Å²) in [6.07, 6.45) is 1.36. The number of carbonyl (C=O) groups is 1. The summed E-state index contributed by atoms with van der Waals surface area (Å²) >= 11 is 1.59. The van der Waals surface area contributed by atoms with E-state index in [1.54, 1.807) is 16.7 Å². The van der Waals surface area contributed by atoms with E-state index >= 15 is 0 Å². The third-order valence-electron chi connectivity index (χ3n) is 5.57. The Labute approximate surface area is 170 Å². The number of hydrogen-bond donors (Lipinski definition) is 0. The van der Waals surface area contributed by atoms with Gasteiger partial charge in [-0.15, -0.1) is 0 Å². The third kappa shape index (κ3) is 3.29. The van der Waals surface area contributed by atoms with Crippen LogP contribution >= 0.6 is 11.8 Å². The van der Waals surface area contributed by atoms with Gasteiger partial charge in [-0.3, -0.25) is 9.69 Å². The van der Waals surface area contributed by atoms with Crippen LogP contribution in [0.1, 0.15) is 36.0 Å². The highest BCUT2D eigenvalue weighted by molar-refractivity contribution is 8.03. The number of carbonyl (C=O) groups excluding carboxylic acids is 1. The minimum absolute atomic E-state index is 0.0876. The highest BCUT2D eigenvalue weighted by atomic mass is 32.2. The number of allylic oxidation sites excluding steroid dienone is 1. The molecule has 0 aromatic heterocycles. The van der Waals surface area contributed by atoms with E-state index in [1.807, 2.05) is 31.2 Å². The van der Waals surface area contributed by atoms with Crippen LogP contribution in [-0.4, -0.2) is 23.4 Å². The number of nitrogens with zero attached hydrogens (tertiary/aromatic N) is 3. The lowest BCUT2D eigenvalue weighted by molar-refractivity contribution is -0.129. The Hall–Kier alpha value is -2.71. The number of fused-ring (bicyclic) bond motifs is 1. The molecule has 4 rings (SSSR count). The largest absolute Gasteiger partial charge is 0.344 e. The number of thioether (sulfide) groups is 1. The first-order valence-electron chi connectivity index (χ1n) is 9.59. The van der Waals surface area contributed by atoms with Crippen molar-refractivity contribution in [3.8, 4) is 6.07 Å². The second-order valence-corrected chi connectivity index (χ2v) is 8.17. The summed E-state index contributed by atoms with van der Waals surface area (Å²) in [5.74, 6) is 0.674. The molecule has 1 fully saturated rings. The van der Waals surface area contributed by atoms with Gasteiger partial charge in [0.2, 0.25) is 5.91 Å². The van der Waals surface area contributed by atoms with E-state index in [1.165, 1.54) is 5.56 Å². The molecule has 4 nitrogen and oxygen atoms in total. The number of rotatable bonds is 3. The first-order valence-corrected chi connectivity index (χ1v) is 10.6. The maximum Gasteiger partial charge on any atom is 0.229 e. The molecule has 1 saturated heterocycles. The summed E-state index contributed by atoms with van der Waals surface area (Å²) in [6, 6.07) is 19.0. The molecule has 2 aliphatic heterocycles. The maximum atomic E-state index is 13.0. The molecule has 0 aliphatic carbocycles. The van der Waals surface area contributed by atoms with Crippen LogP contribution in [0.4, 0.5) is 5.69 Å². The van der Waals surface area contributed by atoms with Crippen LogP contribution in [0.5, 0.6) is 0 Å². The highest BCUT2D eigenvalue weighted by Crippen LogP contribution is 2.43. The van der Waals surface area contributed by atoms with E-state index in [2.05, 4.69) is 42.2 Å². The minimum atomic E-state index is -0.146. The number of amides is 1. The van der Waals surface area contributed by atoms with Crippen molar-refractivity contribution in [2.24, 2.45) is 0 Å². The number of hydrogen-bond acceptors (Lipinski definition) is 4. The maximum absolute atomic E-state index is 13.0. The smallest absolute Gasteiger partial charge is 0.229 e. The van der Waals surface area contributed by atoms with Crippen LogP contribution in [0.2, 0.25) is 0 Å². The van der Waals surface area contributed by atoms with Crippen molar-refractivity contribution < 1.29 is 4.79 Å². The zero-order valence-corrected chi connectivity index (χ0v) is 17.0. The van der Waals surface area contributed by atoms with Crippen LogP contribution in [0, 0.1) is 18.3 Å². The van der Waals surface area contributed by atoms with E-state index in [0.29, 0.717) is 13.1 Å². The molecule has 1 unspecified atom stereocenters. The molecule has 0 radical (unpaired) electrons. The van der Waals surface area contributed by atoms with Crippen LogP contribution < -0.4 is 4.90 Å². The van der Waals surface area contributed by atoms with Gasteiger partial charge in [0.05, 0.1) is 29.2 Å². The van der Waals surface area contributed by atoms with Gasteiger partial charge in [0.1, 0.15) is 0 Å². The van der Waals surface area contributed by atoms with Gasteiger partial charge in [0.15, 0.2) is 0 Å². The molecule has 28 heavy (non-hydrogen) atoms. The fourth-order valence-electron chi connectivity index (χ4n) is 3.91.